The van der Waals surface area contributed by atoms with E-state index < -0.39 is 5.54 Å². The van der Waals surface area contributed by atoms with E-state index in [2.05, 4.69) is 13.8 Å². The summed E-state index contributed by atoms with van der Waals surface area (Å²) in [4.78, 5) is 0. The van der Waals surface area contributed by atoms with Crippen LogP contribution in [0.3, 0.4) is 0 Å². The number of benzene rings is 1. The summed E-state index contributed by atoms with van der Waals surface area (Å²) in [5.74, 6) is 0.600. The van der Waals surface area contributed by atoms with Gasteiger partial charge in [0.1, 0.15) is 5.75 Å². The molecule has 0 amide bonds. The van der Waals surface area contributed by atoms with E-state index in [-0.39, 0.29) is 5.92 Å². The number of phenolic OH excluding ortho intramolecular Hbond substituents is 1. The van der Waals surface area contributed by atoms with E-state index in [1.165, 1.54) is 0 Å². The van der Waals surface area contributed by atoms with Gasteiger partial charge in [-0.25, -0.2) is 0 Å². The minimum atomic E-state index is -0.400. The summed E-state index contributed by atoms with van der Waals surface area (Å²) in [5, 5.41) is 11.3. The Morgan fingerprint density at radius 3 is 2.39 bits per heavy atom. The molecule has 1 aromatic carbocycles. The van der Waals surface area contributed by atoms with E-state index in [0.717, 1.165) is 42.4 Å². The van der Waals surface area contributed by atoms with Crippen molar-refractivity contribution in [2.24, 2.45) is 5.73 Å². The van der Waals surface area contributed by atoms with Gasteiger partial charge in [-0.05, 0) is 42.9 Å². The Kier molecular flexibility index (Phi) is 3.61. The Morgan fingerprint density at radius 2 is 1.89 bits per heavy atom. The molecule has 2 nitrogen and oxygen atoms in total. The molecular formula is C15H22ClNO. The van der Waals surface area contributed by atoms with Gasteiger partial charge in [-0.1, -0.05) is 38.3 Å². The molecule has 2 rings (SSSR count). The Morgan fingerprint density at radius 1 is 1.33 bits per heavy atom. The Bertz CT molecular complexity index is 462. The van der Waals surface area contributed by atoms with Crippen molar-refractivity contribution in [1.82, 2.24) is 0 Å². The molecule has 1 fully saturated rings. The van der Waals surface area contributed by atoms with Crippen molar-refractivity contribution in [1.29, 1.82) is 0 Å². The second-order valence-corrected chi connectivity index (χ2v) is 6.22. The summed E-state index contributed by atoms with van der Waals surface area (Å²) in [5.41, 5.74) is 8.81. The third-order valence-electron chi connectivity index (χ3n) is 4.14. The molecular weight excluding hydrogens is 246 g/mol. The number of halogens is 1. The number of hydrogen-bond donors (Lipinski definition) is 2. The quantitative estimate of drug-likeness (QED) is 0.843. The molecule has 0 spiro atoms. The van der Waals surface area contributed by atoms with Crippen LogP contribution >= 0.6 is 11.6 Å². The molecule has 0 atom stereocenters. The molecule has 0 aliphatic heterocycles. The van der Waals surface area contributed by atoms with Crippen molar-refractivity contribution in [3.8, 4) is 5.75 Å². The standard InChI is InChI=1S/C15H22ClNO/c1-9(2)11-8-12(16)10(3)13(14(11)18)15(17)6-4-5-7-15/h8-9,18H,4-7,17H2,1-3H3. The van der Waals surface area contributed by atoms with E-state index >= 15 is 0 Å². The molecule has 1 aliphatic carbocycles. The van der Waals surface area contributed by atoms with Crippen LogP contribution in [0.1, 0.15) is 62.1 Å². The summed E-state index contributed by atoms with van der Waals surface area (Å²) in [6.07, 6.45) is 4.11. The van der Waals surface area contributed by atoms with Gasteiger partial charge in [0, 0.05) is 16.1 Å². The number of phenols is 1. The highest BCUT2D eigenvalue weighted by Gasteiger charge is 2.36. The lowest BCUT2D eigenvalue weighted by atomic mass is 9.82. The number of aromatic hydroxyl groups is 1. The lowest BCUT2D eigenvalue weighted by Crippen LogP contribution is -2.34. The van der Waals surface area contributed by atoms with Gasteiger partial charge in [-0.3, -0.25) is 0 Å². The fourth-order valence-electron chi connectivity index (χ4n) is 3.06. The van der Waals surface area contributed by atoms with Gasteiger partial charge in [-0.2, -0.15) is 0 Å². The van der Waals surface area contributed by atoms with E-state index in [4.69, 9.17) is 17.3 Å². The van der Waals surface area contributed by atoms with Crippen LogP contribution in [0, 0.1) is 6.92 Å². The lowest BCUT2D eigenvalue weighted by molar-refractivity contribution is 0.401. The van der Waals surface area contributed by atoms with Crippen LogP contribution in [0.25, 0.3) is 0 Å². The highest BCUT2D eigenvalue weighted by molar-refractivity contribution is 6.31. The average Bonchev–Trinajstić information content (AvgIpc) is 2.71. The van der Waals surface area contributed by atoms with E-state index in [0.29, 0.717) is 10.8 Å². The van der Waals surface area contributed by atoms with E-state index in [9.17, 15) is 5.11 Å². The van der Waals surface area contributed by atoms with E-state index in [1.54, 1.807) is 0 Å². The molecule has 1 aromatic rings. The van der Waals surface area contributed by atoms with Crippen LogP contribution < -0.4 is 5.73 Å². The SMILES string of the molecule is Cc1c(Cl)cc(C(C)C)c(O)c1C1(N)CCCC1. The summed E-state index contributed by atoms with van der Waals surface area (Å²) >= 11 is 6.31. The van der Waals surface area contributed by atoms with Crippen LogP contribution in [-0.2, 0) is 5.54 Å². The highest BCUT2D eigenvalue weighted by Crippen LogP contribution is 2.46. The molecule has 3 heteroatoms. The molecule has 18 heavy (non-hydrogen) atoms. The molecule has 0 bridgehead atoms. The normalized spacial score (nSPS) is 18.6. The lowest BCUT2D eigenvalue weighted by Gasteiger charge is -2.29. The smallest absolute Gasteiger partial charge is 0.124 e. The van der Waals surface area contributed by atoms with Crippen molar-refractivity contribution in [2.45, 2.75) is 57.9 Å². The third kappa shape index (κ3) is 2.12. The van der Waals surface area contributed by atoms with Crippen molar-refractivity contribution >= 4 is 11.6 Å². The molecule has 3 N–H and O–H groups in total. The molecule has 0 saturated heterocycles. The Labute approximate surface area is 114 Å². The maximum Gasteiger partial charge on any atom is 0.124 e. The topological polar surface area (TPSA) is 46.2 Å². The van der Waals surface area contributed by atoms with Crippen molar-refractivity contribution in [3.63, 3.8) is 0 Å². The van der Waals surface area contributed by atoms with Crippen LogP contribution in [0.2, 0.25) is 5.02 Å². The molecule has 0 radical (unpaired) electrons. The second-order valence-electron chi connectivity index (χ2n) is 5.81. The van der Waals surface area contributed by atoms with Gasteiger partial charge in [-0.15, -0.1) is 0 Å². The van der Waals surface area contributed by atoms with Gasteiger partial charge in [0.05, 0.1) is 0 Å². The maximum atomic E-state index is 10.6. The van der Waals surface area contributed by atoms with Gasteiger partial charge >= 0.3 is 0 Å². The molecule has 0 heterocycles. The highest BCUT2D eigenvalue weighted by atomic mass is 35.5. The van der Waals surface area contributed by atoms with Crippen LogP contribution in [0.5, 0.6) is 5.75 Å². The van der Waals surface area contributed by atoms with Crippen LogP contribution in [0.4, 0.5) is 0 Å². The molecule has 0 aromatic heterocycles. The predicted octanol–water partition coefficient (Wildman–Crippen LogP) is 4.21. The zero-order valence-corrected chi connectivity index (χ0v) is 12.1. The van der Waals surface area contributed by atoms with Gasteiger partial charge in [0.2, 0.25) is 0 Å². The number of hydrogen-bond acceptors (Lipinski definition) is 2. The Hall–Kier alpha value is -0.730. The van der Waals surface area contributed by atoms with Gasteiger partial charge in [0.15, 0.2) is 0 Å². The minimum absolute atomic E-state index is 0.242. The molecule has 0 unspecified atom stereocenters. The monoisotopic (exact) mass is 267 g/mol. The Balaban J connectivity index is 2.65. The largest absolute Gasteiger partial charge is 0.507 e. The summed E-state index contributed by atoms with van der Waals surface area (Å²) < 4.78 is 0. The summed E-state index contributed by atoms with van der Waals surface area (Å²) in [7, 11) is 0. The molecule has 1 aliphatic rings. The van der Waals surface area contributed by atoms with Crippen molar-refractivity contribution in [3.05, 3.63) is 27.8 Å². The first-order valence-electron chi connectivity index (χ1n) is 6.68. The molecule has 100 valence electrons. The average molecular weight is 268 g/mol. The predicted molar refractivity (Wildman–Crippen MR) is 76.3 cm³/mol. The third-order valence-corrected chi connectivity index (χ3v) is 4.53. The zero-order valence-electron chi connectivity index (χ0n) is 11.4. The molecule has 1 saturated carbocycles. The fraction of sp³-hybridized carbons (Fsp3) is 0.600. The first kappa shape index (κ1) is 13.7. The van der Waals surface area contributed by atoms with E-state index in [1.807, 2.05) is 13.0 Å². The number of nitrogens with two attached hydrogens (primary N) is 1. The zero-order chi connectivity index (χ0) is 13.5. The van der Waals surface area contributed by atoms with Gasteiger partial charge in [0.25, 0.3) is 0 Å². The van der Waals surface area contributed by atoms with Crippen LogP contribution in [-0.4, -0.2) is 5.11 Å². The van der Waals surface area contributed by atoms with Crippen molar-refractivity contribution < 1.29 is 5.11 Å². The summed E-state index contributed by atoms with van der Waals surface area (Å²) in [6.45, 7) is 6.07. The van der Waals surface area contributed by atoms with Crippen LogP contribution in [0.15, 0.2) is 6.07 Å². The maximum absolute atomic E-state index is 10.6. The minimum Gasteiger partial charge on any atom is -0.507 e. The first-order chi connectivity index (χ1) is 8.37. The van der Waals surface area contributed by atoms with Crippen molar-refractivity contribution in [2.75, 3.05) is 0 Å². The first-order valence-corrected chi connectivity index (χ1v) is 7.06. The van der Waals surface area contributed by atoms with Gasteiger partial charge < -0.3 is 10.8 Å². The summed E-state index contributed by atoms with van der Waals surface area (Å²) in [6, 6.07) is 1.87. The fourth-order valence-corrected chi connectivity index (χ4v) is 3.27. The number of rotatable bonds is 2. The second kappa shape index (κ2) is 4.75.